The van der Waals surface area contributed by atoms with Gasteiger partial charge in [0.15, 0.2) is 0 Å². The molecule has 0 spiro atoms. The van der Waals surface area contributed by atoms with Gasteiger partial charge in [-0.25, -0.2) is 18.1 Å². The predicted molar refractivity (Wildman–Crippen MR) is 79.2 cm³/mol. The first kappa shape index (κ1) is 15.2. The minimum Gasteiger partial charge on any atom is -0.373 e. The number of nitrogens with one attached hydrogen (secondary N) is 2. The molecule has 1 aromatic rings. The van der Waals surface area contributed by atoms with Gasteiger partial charge in [0.2, 0.25) is 10.0 Å². The van der Waals surface area contributed by atoms with Crippen LogP contribution in [-0.2, 0) is 10.0 Å². The van der Waals surface area contributed by atoms with E-state index in [9.17, 15) is 8.42 Å². The van der Waals surface area contributed by atoms with Crippen LogP contribution in [0.3, 0.4) is 0 Å². The van der Waals surface area contributed by atoms with Crippen molar-refractivity contribution in [2.45, 2.75) is 30.7 Å². The third-order valence-corrected chi connectivity index (χ3v) is 5.05. The van der Waals surface area contributed by atoms with Crippen LogP contribution in [0.4, 0.5) is 5.82 Å². The van der Waals surface area contributed by atoms with Crippen LogP contribution in [0.2, 0.25) is 0 Å². The van der Waals surface area contributed by atoms with E-state index in [4.69, 9.17) is 0 Å². The van der Waals surface area contributed by atoms with Crippen LogP contribution < -0.4 is 10.0 Å². The molecule has 0 radical (unpaired) electrons. The average molecular weight is 298 g/mol. The van der Waals surface area contributed by atoms with Crippen LogP contribution in [0.5, 0.6) is 0 Å². The van der Waals surface area contributed by atoms with Crippen molar-refractivity contribution in [3.63, 3.8) is 0 Å². The summed E-state index contributed by atoms with van der Waals surface area (Å²) < 4.78 is 27.1. The Bertz CT molecular complexity index is 541. The molecular weight excluding hydrogens is 276 g/mol. The Kier molecular flexibility index (Phi) is 4.95. The minimum absolute atomic E-state index is 0.220. The van der Waals surface area contributed by atoms with Gasteiger partial charge in [-0.1, -0.05) is 0 Å². The number of aromatic nitrogens is 1. The Balaban J connectivity index is 1.99. The number of anilines is 1. The fourth-order valence-electron chi connectivity index (χ4n) is 2.34. The lowest BCUT2D eigenvalue weighted by atomic mass is 10.3. The fourth-order valence-corrected chi connectivity index (χ4v) is 3.47. The van der Waals surface area contributed by atoms with Gasteiger partial charge in [-0.2, -0.15) is 0 Å². The molecule has 0 aliphatic carbocycles. The maximum Gasteiger partial charge on any atom is 0.240 e. The number of sulfonamides is 1. The van der Waals surface area contributed by atoms with Gasteiger partial charge < -0.3 is 5.32 Å². The van der Waals surface area contributed by atoms with Gasteiger partial charge >= 0.3 is 0 Å². The van der Waals surface area contributed by atoms with Crippen LogP contribution in [0, 0.1) is 0 Å². The monoisotopic (exact) mass is 298 g/mol. The summed E-state index contributed by atoms with van der Waals surface area (Å²) in [7, 11) is -1.76. The molecule has 0 saturated carbocycles. The standard InChI is InChI=1S/C13H22N4O2S/c1-11(17-7-3-4-8-17)10-16-20(18,19)12-5-6-15-13(9-12)14-2/h5-6,9,11,16H,3-4,7-8,10H2,1-2H3,(H,14,15). The predicted octanol–water partition coefficient (Wildman–Crippen LogP) is 0.886. The SMILES string of the molecule is CNc1cc(S(=O)(=O)NCC(C)N2CCCC2)ccn1. The molecule has 0 amide bonds. The van der Waals surface area contributed by atoms with Gasteiger partial charge in [-0.15, -0.1) is 0 Å². The zero-order valence-corrected chi connectivity index (χ0v) is 12.8. The highest BCUT2D eigenvalue weighted by Crippen LogP contribution is 2.14. The molecule has 0 bridgehead atoms. The van der Waals surface area contributed by atoms with Crippen molar-refractivity contribution in [1.29, 1.82) is 0 Å². The number of pyridine rings is 1. The third-order valence-electron chi connectivity index (χ3n) is 3.63. The van der Waals surface area contributed by atoms with Gasteiger partial charge in [0.05, 0.1) is 4.90 Å². The quantitative estimate of drug-likeness (QED) is 0.816. The van der Waals surface area contributed by atoms with Crippen molar-refractivity contribution >= 4 is 15.8 Å². The summed E-state index contributed by atoms with van der Waals surface area (Å²) in [5, 5.41) is 2.84. The molecule has 0 aromatic carbocycles. The summed E-state index contributed by atoms with van der Waals surface area (Å²) in [6.45, 7) is 4.60. The van der Waals surface area contributed by atoms with Crippen molar-refractivity contribution in [1.82, 2.24) is 14.6 Å². The third kappa shape index (κ3) is 3.68. The van der Waals surface area contributed by atoms with Crippen LogP contribution >= 0.6 is 0 Å². The van der Waals surface area contributed by atoms with E-state index in [1.807, 2.05) is 0 Å². The van der Waals surface area contributed by atoms with Crippen LogP contribution in [0.25, 0.3) is 0 Å². The molecule has 1 unspecified atom stereocenters. The van der Waals surface area contributed by atoms with Gasteiger partial charge in [0, 0.05) is 31.9 Å². The second-order valence-corrected chi connectivity index (χ2v) is 6.84. The van der Waals surface area contributed by atoms with Crippen molar-refractivity contribution in [2.75, 3.05) is 32.0 Å². The Hall–Kier alpha value is -1.18. The highest BCUT2D eigenvalue weighted by Gasteiger charge is 2.21. The summed E-state index contributed by atoms with van der Waals surface area (Å²) in [4.78, 5) is 6.57. The van der Waals surface area contributed by atoms with E-state index in [-0.39, 0.29) is 10.9 Å². The molecule has 112 valence electrons. The molecular formula is C13H22N4O2S. The number of hydrogen-bond acceptors (Lipinski definition) is 5. The first-order valence-electron chi connectivity index (χ1n) is 6.90. The van der Waals surface area contributed by atoms with Crippen molar-refractivity contribution < 1.29 is 8.42 Å². The topological polar surface area (TPSA) is 74.3 Å². The van der Waals surface area contributed by atoms with Crippen LogP contribution in [0.1, 0.15) is 19.8 Å². The zero-order chi connectivity index (χ0) is 14.6. The Morgan fingerprint density at radius 3 is 2.75 bits per heavy atom. The second kappa shape index (κ2) is 6.51. The molecule has 1 aromatic heterocycles. The van der Waals surface area contributed by atoms with Crippen molar-refractivity contribution in [3.8, 4) is 0 Å². The summed E-state index contributed by atoms with van der Waals surface area (Å²) in [6.07, 6.45) is 3.89. The minimum atomic E-state index is -3.47. The molecule has 1 fully saturated rings. The molecule has 20 heavy (non-hydrogen) atoms. The molecule has 1 aliphatic heterocycles. The number of hydrogen-bond donors (Lipinski definition) is 2. The van der Waals surface area contributed by atoms with Gasteiger partial charge in [-0.05, 0) is 38.9 Å². The summed E-state index contributed by atoms with van der Waals surface area (Å²) in [6, 6.07) is 3.25. The van der Waals surface area contributed by atoms with Crippen molar-refractivity contribution in [2.24, 2.45) is 0 Å². The van der Waals surface area contributed by atoms with Gasteiger partial charge in [-0.3, -0.25) is 4.90 Å². The number of likely N-dealkylation sites (tertiary alicyclic amines) is 1. The van der Waals surface area contributed by atoms with Crippen LogP contribution in [-0.4, -0.2) is 51.0 Å². The Morgan fingerprint density at radius 1 is 1.40 bits per heavy atom. The Labute approximate surface area is 120 Å². The lowest BCUT2D eigenvalue weighted by Gasteiger charge is -2.23. The lowest BCUT2D eigenvalue weighted by Crippen LogP contribution is -2.40. The summed E-state index contributed by atoms with van der Waals surface area (Å²) in [5.74, 6) is 0.542. The maximum atomic E-state index is 12.2. The van der Waals surface area contributed by atoms with E-state index in [2.05, 4.69) is 26.8 Å². The normalized spacial score (nSPS) is 18.1. The molecule has 1 atom stereocenters. The summed E-state index contributed by atoms with van der Waals surface area (Å²) >= 11 is 0. The molecule has 1 saturated heterocycles. The lowest BCUT2D eigenvalue weighted by molar-refractivity contribution is 0.260. The van der Waals surface area contributed by atoms with E-state index in [1.54, 1.807) is 7.05 Å². The first-order chi connectivity index (χ1) is 9.53. The number of rotatable bonds is 6. The van der Waals surface area contributed by atoms with E-state index >= 15 is 0 Å². The number of nitrogens with zero attached hydrogens (tertiary/aromatic N) is 2. The molecule has 7 heteroatoms. The first-order valence-corrected chi connectivity index (χ1v) is 8.39. The fraction of sp³-hybridized carbons (Fsp3) is 0.615. The highest BCUT2D eigenvalue weighted by atomic mass is 32.2. The Morgan fingerprint density at radius 2 is 2.10 bits per heavy atom. The van der Waals surface area contributed by atoms with Crippen molar-refractivity contribution in [3.05, 3.63) is 18.3 Å². The van der Waals surface area contributed by atoms with E-state index in [0.717, 1.165) is 13.1 Å². The molecule has 2 N–H and O–H groups in total. The second-order valence-electron chi connectivity index (χ2n) is 5.07. The molecule has 6 nitrogen and oxygen atoms in total. The molecule has 2 heterocycles. The highest BCUT2D eigenvalue weighted by molar-refractivity contribution is 7.89. The van der Waals surface area contributed by atoms with E-state index in [1.165, 1.54) is 31.2 Å². The molecule has 2 rings (SSSR count). The van der Waals surface area contributed by atoms with Crippen LogP contribution in [0.15, 0.2) is 23.2 Å². The smallest absolute Gasteiger partial charge is 0.240 e. The largest absolute Gasteiger partial charge is 0.373 e. The molecule has 1 aliphatic rings. The zero-order valence-electron chi connectivity index (χ0n) is 12.0. The van der Waals surface area contributed by atoms with Gasteiger partial charge in [0.25, 0.3) is 0 Å². The maximum absolute atomic E-state index is 12.2. The van der Waals surface area contributed by atoms with E-state index in [0.29, 0.717) is 12.4 Å². The average Bonchev–Trinajstić information content (AvgIpc) is 2.99. The summed E-state index contributed by atoms with van der Waals surface area (Å²) in [5.41, 5.74) is 0. The van der Waals surface area contributed by atoms with Gasteiger partial charge in [0.1, 0.15) is 5.82 Å². The van der Waals surface area contributed by atoms with E-state index < -0.39 is 10.0 Å².